The molecule has 5 aliphatic rings. The number of carbonyl (C=O) groups is 4. The molecule has 4 heterocycles. The van der Waals surface area contributed by atoms with Crippen LogP contribution in [0.3, 0.4) is 0 Å². The Morgan fingerprint density at radius 3 is 2.40 bits per heavy atom. The fourth-order valence-electron chi connectivity index (χ4n) is 7.47. The van der Waals surface area contributed by atoms with Gasteiger partial charge in [-0.1, -0.05) is 18.2 Å². The van der Waals surface area contributed by atoms with Gasteiger partial charge < -0.3 is 34.8 Å². The molecule has 4 amide bonds. The summed E-state index contributed by atoms with van der Waals surface area (Å²) >= 11 is 0. The van der Waals surface area contributed by atoms with Crippen molar-refractivity contribution in [2.75, 3.05) is 72.2 Å². The fraction of sp³-hybridized carbons (Fsp3) is 0.714. The number of benzene rings is 1. The van der Waals surface area contributed by atoms with E-state index < -0.39 is 5.92 Å². The summed E-state index contributed by atoms with van der Waals surface area (Å²) in [5, 5.41) is 6.37. The third kappa shape index (κ3) is 10.4. The number of alkyl halides is 2. The summed E-state index contributed by atoms with van der Waals surface area (Å²) in [5.41, 5.74) is 0.625. The van der Waals surface area contributed by atoms with Gasteiger partial charge in [0.05, 0.1) is 19.8 Å². The molecular weight excluding hydrogens is 624 g/mol. The highest BCUT2D eigenvalue weighted by atomic mass is 19.3. The highest BCUT2D eigenvalue weighted by Crippen LogP contribution is 2.34. The van der Waals surface area contributed by atoms with Crippen molar-refractivity contribution in [3.05, 3.63) is 35.9 Å². The van der Waals surface area contributed by atoms with Crippen molar-refractivity contribution in [1.29, 1.82) is 0 Å². The number of likely N-dealkylation sites (tertiary alicyclic amines) is 1. The molecule has 1 aliphatic carbocycles. The van der Waals surface area contributed by atoms with Gasteiger partial charge >= 0.3 is 0 Å². The molecule has 5 fully saturated rings. The summed E-state index contributed by atoms with van der Waals surface area (Å²) in [7, 11) is 0. The van der Waals surface area contributed by atoms with Gasteiger partial charge in [-0.3, -0.25) is 19.2 Å². The van der Waals surface area contributed by atoms with Crippen molar-refractivity contribution in [1.82, 2.24) is 25.3 Å². The Balaban J connectivity index is 1.23. The Labute approximate surface area is 282 Å². The van der Waals surface area contributed by atoms with Crippen LogP contribution in [0.2, 0.25) is 0 Å². The van der Waals surface area contributed by atoms with E-state index >= 15 is 0 Å². The maximum absolute atomic E-state index is 13.9. The van der Waals surface area contributed by atoms with Gasteiger partial charge in [-0.2, -0.15) is 0 Å². The average molecular weight is 676 g/mol. The maximum Gasteiger partial charge on any atom is 0.253 e. The van der Waals surface area contributed by atoms with Crippen molar-refractivity contribution < 1.29 is 37.4 Å². The van der Waals surface area contributed by atoms with Crippen LogP contribution in [0.1, 0.15) is 68.1 Å². The van der Waals surface area contributed by atoms with Crippen LogP contribution in [0.25, 0.3) is 0 Å². The molecule has 0 aromatic heterocycles. The van der Waals surface area contributed by atoms with Crippen molar-refractivity contribution >= 4 is 23.6 Å². The Bertz CT molecular complexity index is 1220. The standard InChI is InChI=1S/C35H51F2N5O6/c36-35(37)12-6-29(7-13-35)38-14-8-28-23-41-16-9-27(28)22-31(43)39-15-19-47-20-21-48-25-33(45)42(24-32(41)44)30-10-17-40(18-11-30)34(46)26-4-2-1-3-5-26/h1-5,27-30,38H,6-25H2,(H,39,43)/t27-,28-/m0/s1. The first kappa shape index (κ1) is 36.1. The van der Waals surface area contributed by atoms with E-state index in [2.05, 4.69) is 10.6 Å². The molecule has 6 rings (SSSR count). The van der Waals surface area contributed by atoms with Gasteiger partial charge in [0.15, 0.2) is 0 Å². The molecule has 4 saturated heterocycles. The van der Waals surface area contributed by atoms with Gasteiger partial charge in [0.2, 0.25) is 23.6 Å². The predicted molar refractivity (Wildman–Crippen MR) is 174 cm³/mol. The zero-order chi connectivity index (χ0) is 33.9. The minimum Gasteiger partial charge on any atom is -0.377 e. The van der Waals surface area contributed by atoms with E-state index in [1.807, 2.05) is 23.1 Å². The molecule has 0 spiro atoms. The van der Waals surface area contributed by atoms with Crippen LogP contribution < -0.4 is 10.6 Å². The van der Waals surface area contributed by atoms with E-state index in [0.29, 0.717) is 96.4 Å². The first-order valence-electron chi connectivity index (χ1n) is 17.6. The van der Waals surface area contributed by atoms with Crippen LogP contribution in [-0.2, 0) is 23.9 Å². The number of hydrogen-bond donors (Lipinski definition) is 2. The summed E-state index contributed by atoms with van der Waals surface area (Å²) in [4.78, 5) is 58.5. The second-order valence-corrected chi connectivity index (χ2v) is 13.7. The first-order chi connectivity index (χ1) is 23.2. The number of hydrogen-bond acceptors (Lipinski definition) is 7. The van der Waals surface area contributed by atoms with Crippen molar-refractivity contribution in [3.8, 4) is 0 Å². The lowest BCUT2D eigenvalue weighted by Crippen LogP contribution is -2.54. The minimum absolute atomic E-state index is 0.0424. The lowest BCUT2D eigenvalue weighted by molar-refractivity contribution is -0.148. The number of carbonyl (C=O) groups excluding carboxylic acids is 4. The van der Waals surface area contributed by atoms with Crippen molar-refractivity contribution in [2.45, 2.75) is 75.8 Å². The number of halogens is 2. The number of fused-ring (bicyclic) bond motifs is 15. The number of ether oxygens (including phenoxy) is 2. The van der Waals surface area contributed by atoms with Gasteiger partial charge in [0, 0.05) is 69.6 Å². The minimum atomic E-state index is -2.58. The molecule has 1 aromatic rings. The second kappa shape index (κ2) is 17.5. The SMILES string of the molecule is O=C1C[C@@H]2CCN(C[C@@H]2CCNC2CCC(F)(F)CC2)C(=O)CN(C2CCN(C(=O)c3ccccc3)CC2)C(=O)COCCOCCN1. The Morgan fingerprint density at radius 1 is 0.917 bits per heavy atom. The molecule has 0 radical (unpaired) electrons. The van der Waals surface area contributed by atoms with E-state index in [1.54, 1.807) is 21.9 Å². The maximum atomic E-state index is 13.9. The van der Waals surface area contributed by atoms with Crippen molar-refractivity contribution in [2.24, 2.45) is 11.8 Å². The zero-order valence-corrected chi connectivity index (χ0v) is 27.9. The third-order valence-corrected chi connectivity index (χ3v) is 10.4. The summed E-state index contributed by atoms with van der Waals surface area (Å²) in [6.45, 7) is 3.45. The fourth-order valence-corrected chi connectivity index (χ4v) is 7.47. The lowest BCUT2D eigenvalue weighted by atomic mass is 9.80. The number of rotatable bonds is 6. The zero-order valence-electron chi connectivity index (χ0n) is 27.9. The van der Waals surface area contributed by atoms with Crippen LogP contribution in [-0.4, -0.2) is 129 Å². The highest BCUT2D eigenvalue weighted by molar-refractivity contribution is 5.94. The largest absolute Gasteiger partial charge is 0.377 e. The smallest absolute Gasteiger partial charge is 0.253 e. The Morgan fingerprint density at radius 2 is 1.65 bits per heavy atom. The summed E-state index contributed by atoms with van der Waals surface area (Å²) in [6.07, 6.45) is 3.48. The molecule has 1 aromatic carbocycles. The second-order valence-electron chi connectivity index (χ2n) is 13.7. The number of nitrogens with one attached hydrogen (secondary N) is 2. The average Bonchev–Trinajstić information content (AvgIpc) is 3.09. The molecule has 266 valence electrons. The lowest BCUT2D eigenvalue weighted by Gasteiger charge is -2.42. The van der Waals surface area contributed by atoms with Gasteiger partial charge in [-0.05, 0) is 69.0 Å². The van der Waals surface area contributed by atoms with E-state index in [0.717, 1.165) is 0 Å². The van der Waals surface area contributed by atoms with E-state index in [4.69, 9.17) is 9.47 Å². The van der Waals surface area contributed by atoms with E-state index in [1.165, 1.54) is 0 Å². The number of nitrogens with zero attached hydrogens (tertiary/aromatic N) is 3. The molecule has 0 unspecified atom stereocenters. The normalized spacial score (nSPS) is 26.2. The molecule has 2 N–H and O–H groups in total. The topological polar surface area (TPSA) is 121 Å². The van der Waals surface area contributed by atoms with Crippen LogP contribution in [0.4, 0.5) is 8.78 Å². The molecular formula is C35H51F2N5O6. The van der Waals surface area contributed by atoms with E-state index in [9.17, 15) is 28.0 Å². The van der Waals surface area contributed by atoms with Crippen LogP contribution in [0.15, 0.2) is 30.3 Å². The Kier molecular flexibility index (Phi) is 13.2. The van der Waals surface area contributed by atoms with Gasteiger partial charge in [-0.15, -0.1) is 0 Å². The number of piperidine rings is 2. The molecule has 2 bridgehead atoms. The van der Waals surface area contributed by atoms with Gasteiger partial charge in [0.1, 0.15) is 13.2 Å². The quantitative estimate of drug-likeness (QED) is 0.445. The molecule has 11 nitrogen and oxygen atoms in total. The number of amides is 4. The first-order valence-corrected chi connectivity index (χ1v) is 17.6. The van der Waals surface area contributed by atoms with Gasteiger partial charge in [0.25, 0.3) is 5.91 Å². The highest BCUT2D eigenvalue weighted by Gasteiger charge is 2.37. The van der Waals surface area contributed by atoms with Crippen LogP contribution >= 0.6 is 0 Å². The predicted octanol–water partition coefficient (Wildman–Crippen LogP) is 2.70. The van der Waals surface area contributed by atoms with E-state index in [-0.39, 0.29) is 86.8 Å². The monoisotopic (exact) mass is 675 g/mol. The van der Waals surface area contributed by atoms with Crippen molar-refractivity contribution in [3.63, 3.8) is 0 Å². The van der Waals surface area contributed by atoms with Crippen LogP contribution in [0.5, 0.6) is 0 Å². The summed E-state index contributed by atoms with van der Waals surface area (Å²) < 4.78 is 38.5. The molecule has 1 saturated carbocycles. The van der Waals surface area contributed by atoms with Crippen LogP contribution in [0, 0.1) is 11.8 Å². The van der Waals surface area contributed by atoms with Gasteiger partial charge in [-0.25, -0.2) is 8.78 Å². The third-order valence-electron chi connectivity index (χ3n) is 10.4. The molecule has 13 heteroatoms. The molecule has 2 atom stereocenters. The molecule has 4 aliphatic heterocycles. The molecule has 48 heavy (non-hydrogen) atoms. The Hall–Kier alpha value is -3.16. The summed E-state index contributed by atoms with van der Waals surface area (Å²) in [6, 6.07) is 8.96. The summed E-state index contributed by atoms with van der Waals surface area (Å²) in [5.74, 6) is -2.98.